The third kappa shape index (κ3) is 4.69. The Morgan fingerprint density at radius 3 is 2.38 bits per heavy atom. The summed E-state index contributed by atoms with van der Waals surface area (Å²) in [4.78, 5) is 12.2. The maximum atomic E-state index is 13.0. The predicted molar refractivity (Wildman–Crippen MR) is 93.6 cm³/mol. The van der Waals surface area contributed by atoms with E-state index in [4.69, 9.17) is 23.2 Å². The monoisotopic (exact) mass is 389 g/mol. The van der Waals surface area contributed by atoms with Crippen molar-refractivity contribution < 1.29 is 17.6 Å². The molecule has 0 fully saturated rings. The van der Waals surface area contributed by atoms with Crippen LogP contribution in [0.3, 0.4) is 0 Å². The van der Waals surface area contributed by atoms with Crippen LogP contribution in [0.4, 0.5) is 10.1 Å². The van der Waals surface area contributed by atoms with Crippen molar-refractivity contribution in [2.75, 3.05) is 5.32 Å². The number of hydrogen-bond donors (Lipinski definition) is 1. The lowest BCUT2D eigenvalue weighted by molar-refractivity contribution is -0.115. The molecule has 24 heavy (non-hydrogen) atoms. The molecule has 0 heterocycles. The first-order valence-electron chi connectivity index (χ1n) is 6.91. The molecule has 0 aliphatic heterocycles. The number of sulfone groups is 1. The summed E-state index contributed by atoms with van der Waals surface area (Å²) in [7, 11) is -3.82. The molecule has 0 saturated carbocycles. The number of carbonyl (C=O) groups excluding carboxylic acids is 1. The van der Waals surface area contributed by atoms with Gasteiger partial charge in [0.1, 0.15) is 11.1 Å². The minimum absolute atomic E-state index is 0.00360. The van der Waals surface area contributed by atoms with Crippen molar-refractivity contribution in [2.45, 2.75) is 17.9 Å². The van der Waals surface area contributed by atoms with E-state index in [-0.39, 0.29) is 10.6 Å². The van der Waals surface area contributed by atoms with Gasteiger partial charge in [-0.05, 0) is 48.9 Å². The molecular formula is C16H14Cl2FNO3S. The van der Waals surface area contributed by atoms with Crippen LogP contribution in [0.1, 0.15) is 12.5 Å². The summed E-state index contributed by atoms with van der Waals surface area (Å²) in [5.41, 5.74) is 0.676. The molecule has 2 aromatic carbocycles. The predicted octanol–water partition coefficient (Wildman–Crippen LogP) is 4.07. The van der Waals surface area contributed by atoms with E-state index in [1.165, 1.54) is 13.0 Å². The Morgan fingerprint density at radius 2 is 1.79 bits per heavy atom. The van der Waals surface area contributed by atoms with Crippen LogP contribution in [-0.2, 0) is 20.4 Å². The van der Waals surface area contributed by atoms with Crippen LogP contribution in [0, 0.1) is 5.82 Å². The normalized spacial score (nSPS) is 12.7. The van der Waals surface area contributed by atoms with Gasteiger partial charge in [-0.25, -0.2) is 12.8 Å². The molecule has 2 aromatic rings. The molecule has 0 aliphatic carbocycles. The molecule has 0 saturated heterocycles. The second kappa shape index (κ2) is 7.51. The molecule has 1 N–H and O–H groups in total. The number of anilines is 1. The lowest BCUT2D eigenvalue weighted by atomic mass is 10.2. The summed E-state index contributed by atoms with van der Waals surface area (Å²) >= 11 is 11.6. The maximum Gasteiger partial charge on any atom is 0.242 e. The fraction of sp³-hybridized carbons (Fsp3) is 0.188. The standard InChI is InChI=1S/C16H14Cl2FNO3S/c1-10(16(21)20-14-6-3-12(17)4-7-14)24(22,23)9-11-2-5-13(19)8-15(11)18/h2-8,10H,9H2,1H3,(H,20,21). The van der Waals surface area contributed by atoms with E-state index in [1.54, 1.807) is 24.3 Å². The zero-order chi connectivity index (χ0) is 17.9. The Bertz CT molecular complexity index is 854. The molecule has 0 bridgehead atoms. The van der Waals surface area contributed by atoms with Crippen LogP contribution in [-0.4, -0.2) is 19.6 Å². The number of benzene rings is 2. The van der Waals surface area contributed by atoms with Crippen molar-refractivity contribution in [1.82, 2.24) is 0 Å². The average Bonchev–Trinajstić information content (AvgIpc) is 2.51. The quantitative estimate of drug-likeness (QED) is 0.837. The summed E-state index contributed by atoms with van der Waals surface area (Å²) in [5, 5.41) is 1.72. The van der Waals surface area contributed by atoms with E-state index >= 15 is 0 Å². The fourth-order valence-electron chi connectivity index (χ4n) is 1.92. The number of halogens is 3. The largest absolute Gasteiger partial charge is 0.325 e. The second-order valence-electron chi connectivity index (χ2n) is 5.18. The Labute approximate surface area is 149 Å². The number of nitrogens with one attached hydrogen (secondary N) is 1. The Morgan fingerprint density at radius 1 is 1.17 bits per heavy atom. The van der Waals surface area contributed by atoms with Gasteiger partial charge < -0.3 is 5.32 Å². The van der Waals surface area contributed by atoms with Crippen LogP contribution in [0.15, 0.2) is 42.5 Å². The van der Waals surface area contributed by atoms with Gasteiger partial charge in [-0.2, -0.15) is 0 Å². The van der Waals surface area contributed by atoms with Crippen LogP contribution >= 0.6 is 23.2 Å². The zero-order valence-electron chi connectivity index (χ0n) is 12.6. The molecule has 0 aromatic heterocycles. The molecule has 1 unspecified atom stereocenters. The van der Waals surface area contributed by atoms with Crippen molar-refractivity contribution >= 4 is 44.6 Å². The first-order valence-corrected chi connectivity index (χ1v) is 9.38. The fourth-order valence-corrected chi connectivity index (χ4v) is 3.68. The summed E-state index contributed by atoms with van der Waals surface area (Å²) < 4.78 is 37.8. The molecule has 1 amide bonds. The zero-order valence-corrected chi connectivity index (χ0v) is 14.9. The molecule has 0 aliphatic rings. The van der Waals surface area contributed by atoms with Crippen molar-refractivity contribution in [3.8, 4) is 0 Å². The number of rotatable bonds is 5. The average molecular weight is 390 g/mol. The Hall–Kier alpha value is -1.63. The highest BCUT2D eigenvalue weighted by Crippen LogP contribution is 2.22. The van der Waals surface area contributed by atoms with Crippen molar-refractivity contribution in [3.63, 3.8) is 0 Å². The summed E-state index contributed by atoms with van der Waals surface area (Å²) in [6, 6.07) is 9.73. The molecule has 8 heteroatoms. The van der Waals surface area contributed by atoms with E-state index in [1.807, 2.05) is 0 Å². The third-order valence-corrected chi connectivity index (χ3v) is 6.00. The third-order valence-electron chi connectivity index (χ3n) is 3.39. The van der Waals surface area contributed by atoms with Gasteiger partial charge in [0.25, 0.3) is 0 Å². The molecule has 0 radical (unpaired) electrons. The van der Waals surface area contributed by atoms with E-state index < -0.39 is 32.6 Å². The molecule has 4 nitrogen and oxygen atoms in total. The first-order chi connectivity index (χ1) is 11.2. The topological polar surface area (TPSA) is 63.2 Å². The van der Waals surface area contributed by atoms with Gasteiger partial charge in [0.15, 0.2) is 9.84 Å². The van der Waals surface area contributed by atoms with Crippen LogP contribution in [0.25, 0.3) is 0 Å². The molecule has 1 atom stereocenters. The number of carbonyl (C=O) groups is 1. The first kappa shape index (κ1) is 18.7. The van der Waals surface area contributed by atoms with Crippen LogP contribution in [0.2, 0.25) is 10.0 Å². The Kier molecular flexibility index (Phi) is 5.85. The minimum atomic E-state index is -3.82. The minimum Gasteiger partial charge on any atom is -0.325 e. The van der Waals surface area contributed by atoms with Crippen molar-refractivity contribution in [2.24, 2.45) is 0 Å². The van der Waals surface area contributed by atoms with Crippen molar-refractivity contribution in [3.05, 3.63) is 63.9 Å². The highest BCUT2D eigenvalue weighted by molar-refractivity contribution is 7.92. The summed E-state index contributed by atoms with van der Waals surface area (Å²) in [6.07, 6.45) is 0. The van der Waals surface area contributed by atoms with E-state index in [9.17, 15) is 17.6 Å². The van der Waals surface area contributed by atoms with Gasteiger partial charge in [0.2, 0.25) is 5.91 Å². The molecule has 0 spiro atoms. The highest BCUT2D eigenvalue weighted by Gasteiger charge is 2.29. The van der Waals surface area contributed by atoms with Crippen LogP contribution < -0.4 is 5.32 Å². The van der Waals surface area contributed by atoms with E-state index in [2.05, 4.69) is 5.32 Å². The number of amides is 1. The smallest absolute Gasteiger partial charge is 0.242 e. The summed E-state index contributed by atoms with van der Waals surface area (Å²) in [6.45, 7) is 1.29. The van der Waals surface area contributed by atoms with Crippen molar-refractivity contribution in [1.29, 1.82) is 0 Å². The molecule has 128 valence electrons. The lowest BCUT2D eigenvalue weighted by Gasteiger charge is -2.14. The molecule has 2 rings (SSSR count). The SMILES string of the molecule is CC(C(=O)Nc1ccc(Cl)cc1)S(=O)(=O)Cc1ccc(F)cc1Cl. The van der Waals surface area contributed by atoms with E-state index in [0.29, 0.717) is 10.7 Å². The highest BCUT2D eigenvalue weighted by atomic mass is 35.5. The van der Waals surface area contributed by atoms with E-state index in [0.717, 1.165) is 12.1 Å². The van der Waals surface area contributed by atoms with Gasteiger partial charge in [0.05, 0.1) is 5.75 Å². The molecular weight excluding hydrogens is 376 g/mol. The van der Waals surface area contributed by atoms with Gasteiger partial charge >= 0.3 is 0 Å². The van der Waals surface area contributed by atoms with Gasteiger partial charge in [-0.15, -0.1) is 0 Å². The maximum absolute atomic E-state index is 13.0. The second-order valence-corrected chi connectivity index (χ2v) is 8.35. The van der Waals surface area contributed by atoms with Crippen LogP contribution in [0.5, 0.6) is 0 Å². The van der Waals surface area contributed by atoms with Gasteiger partial charge in [-0.1, -0.05) is 29.3 Å². The lowest BCUT2D eigenvalue weighted by Crippen LogP contribution is -2.33. The number of hydrogen-bond acceptors (Lipinski definition) is 3. The Balaban J connectivity index is 2.12. The van der Waals surface area contributed by atoms with Gasteiger partial charge in [0, 0.05) is 15.7 Å². The summed E-state index contributed by atoms with van der Waals surface area (Å²) in [5.74, 6) is -1.69. The van der Waals surface area contributed by atoms with Gasteiger partial charge in [-0.3, -0.25) is 4.79 Å².